The lowest BCUT2D eigenvalue weighted by Crippen LogP contribution is -2.06. The van der Waals surface area contributed by atoms with Gasteiger partial charge in [-0.1, -0.05) is 6.07 Å². The Balaban J connectivity index is 1.80. The lowest BCUT2D eigenvalue weighted by molar-refractivity contribution is 0.296. The van der Waals surface area contributed by atoms with Gasteiger partial charge in [-0.05, 0) is 35.4 Å². The third kappa shape index (κ3) is 3.71. The quantitative estimate of drug-likeness (QED) is 0.687. The Morgan fingerprint density at radius 1 is 1.00 bits per heavy atom. The number of aromatic nitrogens is 2. The van der Waals surface area contributed by atoms with Crippen LogP contribution in [0.25, 0.3) is 11.1 Å². The Morgan fingerprint density at radius 3 is 2.54 bits per heavy atom. The van der Waals surface area contributed by atoms with Crippen molar-refractivity contribution in [1.82, 2.24) is 9.55 Å². The third-order valence-electron chi connectivity index (χ3n) is 3.55. The molecule has 4 nitrogen and oxygen atoms in total. The van der Waals surface area contributed by atoms with Crippen LogP contribution >= 0.6 is 0 Å². The molecule has 0 aliphatic heterocycles. The summed E-state index contributed by atoms with van der Waals surface area (Å²) < 4.78 is 39.5. The van der Waals surface area contributed by atoms with E-state index in [1.807, 2.05) is 10.8 Å². The molecular weight excluding hydrogens is 314 g/mol. The van der Waals surface area contributed by atoms with Gasteiger partial charge in [-0.2, -0.15) is 0 Å². The lowest BCUT2D eigenvalue weighted by Gasteiger charge is -2.11. The molecule has 0 saturated heterocycles. The van der Waals surface area contributed by atoms with Crippen LogP contribution in [-0.2, 0) is 6.54 Å². The summed E-state index contributed by atoms with van der Waals surface area (Å²) in [5, 5.41) is 0. The van der Waals surface area contributed by atoms with Crippen molar-refractivity contribution in [2.24, 2.45) is 0 Å². The Bertz CT molecular complexity index is 820. The second-order valence-corrected chi connectivity index (χ2v) is 5.18. The van der Waals surface area contributed by atoms with E-state index in [1.54, 1.807) is 37.8 Å². The maximum atomic E-state index is 13.5. The molecule has 0 amide bonds. The Hall–Kier alpha value is -2.89. The Morgan fingerprint density at radius 2 is 1.83 bits per heavy atom. The normalized spacial score (nSPS) is 10.6. The minimum atomic E-state index is -0.891. The Labute approximate surface area is 138 Å². The number of hydrogen-bond acceptors (Lipinski definition) is 3. The van der Waals surface area contributed by atoms with Crippen LogP contribution in [0.2, 0.25) is 0 Å². The van der Waals surface area contributed by atoms with Gasteiger partial charge in [0.1, 0.15) is 18.1 Å². The van der Waals surface area contributed by atoms with Crippen LogP contribution in [0.15, 0.2) is 55.1 Å². The van der Waals surface area contributed by atoms with Gasteiger partial charge in [0.25, 0.3) is 0 Å². The van der Waals surface area contributed by atoms with Crippen LogP contribution in [0.4, 0.5) is 8.78 Å². The SMILES string of the molecule is COc1cc(OCCn2ccnc2)cc(-c2ccc(F)c(F)c2)c1. The number of nitrogens with zero attached hydrogens (tertiary/aromatic N) is 2. The monoisotopic (exact) mass is 330 g/mol. The first-order valence-corrected chi connectivity index (χ1v) is 7.39. The van der Waals surface area contributed by atoms with Crippen molar-refractivity contribution in [3.63, 3.8) is 0 Å². The highest BCUT2D eigenvalue weighted by atomic mass is 19.2. The standard InChI is InChI=1S/C18H16F2N2O2/c1-23-15-8-14(13-2-3-17(19)18(20)10-13)9-16(11-15)24-7-6-22-5-4-21-12-22/h2-5,8-12H,6-7H2,1H3. The highest BCUT2D eigenvalue weighted by molar-refractivity contribution is 5.67. The Kier molecular flexibility index (Phi) is 4.74. The molecule has 24 heavy (non-hydrogen) atoms. The molecule has 0 fully saturated rings. The van der Waals surface area contributed by atoms with Gasteiger partial charge in [0.05, 0.1) is 20.0 Å². The predicted molar refractivity (Wildman–Crippen MR) is 86.1 cm³/mol. The summed E-state index contributed by atoms with van der Waals surface area (Å²) in [6, 6.07) is 9.03. The summed E-state index contributed by atoms with van der Waals surface area (Å²) >= 11 is 0. The zero-order chi connectivity index (χ0) is 16.9. The number of ether oxygens (including phenoxy) is 2. The van der Waals surface area contributed by atoms with Gasteiger partial charge >= 0.3 is 0 Å². The molecule has 0 saturated carbocycles. The molecule has 0 bridgehead atoms. The first-order valence-electron chi connectivity index (χ1n) is 7.39. The second kappa shape index (κ2) is 7.12. The van der Waals surface area contributed by atoms with Crippen molar-refractivity contribution in [1.29, 1.82) is 0 Å². The summed E-state index contributed by atoms with van der Waals surface area (Å²) in [6.07, 6.45) is 5.26. The van der Waals surface area contributed by atoms with Gasteiger partial charge in [-0.25, -0.2) is 13.8 Å². The molecule has 0 aliphatic rings. The van der Waals surface area contributed by atoms with Gasteiger partial charge in [-0.3, -0.25) is 0 Å². The van der Waals surface area contributed by atoms with Crippen LogP contribution in [0.3, 0.4) is 0 Å². The van der Waals surface area contributed by atoms with Gasteiger partial charge in [0.2, 0.25) is 0 Å². The maximum absolute atomic E-state index is 13.5. The van der Waals surface area contributed by atoms with Crippen molar-refractivity contribution in [2.75, 3.05) is 13.7 Å². The van der Waals surface area contributed by atoms with Crippen LogP contribution in [-0.4, -0.2) is 23.3 Å². The van der Waals surface area contributed by atoms with Gasteiger partial charge in [0.15, 0.2) is 11.6 Å². The summed E-state index contributed by atoms with van der Waals surface area (Å²) in [5.41, 5.74) is 1.23. The number of methoxy groups -OCH3 is 1. The number of hydrogen-bond donors (Lipinski definition) is 0. The van der Waals surface area contributed by atoms with E-state index < -0.39 is 11.6 Å². The fourth-order valence-corrected chi connectivity index (χ4v) is 2.30. The number of benzene rings is 2. The van der Waals surface area contributed by atoms with E-state index in [-0.39, 0.29) is 0 Å². The molecule has 6 heteroatoms. The fraction of sp³-hybridized carbons (Fsp3) is 0.167. The third-order valence-corrected chi connectivity index (χ3v) is 3.55. The van der Waals surface area contributed by atoms with E-state index in [9.17, 15) is 8.78 Å². The average molecular weight is 330 g/mol. The summed E-state index contributed by atoms with van der Waals surface area (Å²) in [7, 11) is 1.54. The van der Waals surface area contributed by atoms with E-state index in [0.29, 0.717) is 35.8 Å². The molecular formula is C18H16F2N2O2. The molecule has 3 rings (SSSR count). The van der Waals surface area contributed by atoms with E-state index >= 15 is 0 Å². The van der Waals surface area contributed by atoms with E-state index in [1.165, 1.54) is 6.07 Å². The molecule has 124 valence electrons. The molecule has 0 N–H and O–H groups in total. The summed E-state index contributed by atoms with van der Waals surface area (Å²) in [6.45, 7) is 1.10. The first kappa shape index (κ1) is 16.0. The lowest BCUT2D eigenvalue weighted by atomic mass is 10.0. The van der Waals surface area contributed by atoms with Gasteiger partial charge in [-0.15, -0.1) is 0 Å². The zero-order valence-corrected chi connectivity index (χ0v) is 13.1. The highest BCUT2D eigenvalue weighted by Gasteiger charge is 2.08. The number of rotatable bonds is 6. The van der Waals surface area contributed by atoms with E-state index in [4.69, 9.17) is 9.47 Å². The van der Waals surface area contributed by atoms with E-state index in [2.05, 4.69) is 4.98 Å². The van der Waals surface area contributed by atoms with Crippen LogP contribution in [0.5, 0.6) is 11.5 Å². The second-order valence-electron chi connectivity index (χ2n) is 5.18. The van der Waals surface area contributed by atoms with Crippen LogP contribution in [0.1, 0.15) is 0 Å². The topological polar surface area (TPSA) is 36.3 Å². The van der Waals surface area contributed by atoms with Crippen molar-refractivity contribution in [3.05, 3.63) is 66.8 Å². The molecule has 3 aromatic rings. The van der Waals surface area contributed by atoms with Gasteiger partial charge < -0.3 is 14.0 Å². The van der Waals surface area contributed by atoms with E-state index in [0.717, 1.165) is 12.1 Å². The van der Waals surface area contributed by atoms with Crippen molar-refractivity contribution in [2.45, 2.75) is 6.54 Å². The minimum Gasteiger partial charge on any atom is -0.497 e. The predicted octanol–water partition coefficient (Wildman–Crippen LogP) is 3.92. The molecule has 0 spiro atoms. The molecule has 1 heterocycles. The number of imidazole rings is 1. The molecule has 0 unspecified atom stereocenters. The summed E-state index contributed by atoms with van der Waals surface area (Å²) in [5.74, 6) is -0.597. The smallest absolute Gasteiger partial charge is 0.159 e. The molecule has 2 aromatic carbocycles. The van der Waals surface area contributed by atoms with Gasteiger partial charge in [0, 0.05) is 18.5 Å². The average Bonchev–Trinajstić information content (AvgIpc) is 3.10. The molecule has 0 aliphatic carbocycles. The molecule has 0 atom stereocenters. The van der Waals surface area contributed by atoms with Crippen molar-refractivity contribution < 1.29 is 18.3 Å². The highest BCUT2D eigenvalue weighted by Crippen LogP contribution is 2.30. The first-order chi connectivity index (χ1) is 11.7. The molecule has 1 aromatic heterocycles. The molecule has 0 radical (unpaired) electrons. The van der Waals surface area contributed by atoms with Crippen LogP contribution < -0.4 is 9.47 Å². The summed E-state index contributed by atoms with van der Waals surface area (Å²) in [4.78, 5) is 3.97. The minimum absolute atomic E-state index is 0.445. The zero-order valence-electron chi connectivity index (χ0n) is 13.1. The fourth-order valence-electron chi connectivity index (χ4n) is 2.30. The number of halogens is 2. The van der Waals surface area contributed by atoms with Crippen molar-refractivity contribution in [3.8, 4) is 22.6 Å². The van der Waals surface area contributed by atoms with Crippen molar-refractivity contribution >= 4 is 0 Å². The maximum Gasteiger partial charge on any atom is 0.159 e. The van der Waals surface area contributed by atoms with Crippen LogP contribution in [0, 0.1) is 11.6 Å². The largest absolute Gasteiger partial charge is 0.497 e.